The van der Waals surface area contributed by atoms with Crippen LogP contribution < -0.4 is 16.0 Å². The number of rotatable bonds is 6. The second-order valence-electron chi connectivity index (χ2n) is 6.64. The van der Waals surface area contributed by atoms with E-state index in [2.05, 4.69) is 65.4 Å². The maximum absolute atomic E-state index is 4.85. The Labute approximate surface area is 153 Å². The molecule has 3 heteroatoms. The monoisotopic (exact) mass is 341 g/mol. The first-order chi connectivity index (χ1) is 12.8. The van der Waals surface area contributed by atoms with Gasteiger partial charge in [0.1, 0.15) is 5.82 Å². The van der Waals surface area contributed by atoms with Gasteiger partial charge in [-0.05, 0) is 30.4 Å². The minimum atomic E-state index is 0.0394. The van der Waals surface area contributed by atoms with Crippen molar-refractivity contribution in [2.24, 2.45) is 0 Å². The standard InChI is InChI=1S/C23H23N3/c1-17(19-12-6-3-7-13-19)24-22(16-18-10-4-2-5-11-18)23-25-20-14-8-9-15-21(20)26-23/h2-7,10-15,22,24H,1,8-9,16H2,(H,25,26). The maximum Gasteiger partial charge on any atom is 0.130 e. The smallest absolute Gasteiger partial charge is 0.130 e. The van der Waals surface area contributed by atoms with Gasteiger partial charge >= 0.3 is 0 Å². The van der Waals surface area contributed by atoms with E-state index in [1.807, 2.05) is 24.3 Å². The Morgan fingerprint density at radius 3 is 2.42 bits per heavy atom. The minimum Gasteiger partial charge on any atom is -0.375 e. The third-order valence-electron chi connectivity index (χ3n) is 4.72. The topological polar surface area (TPSA) is 40.7 Å². The molecule has 0 radical (unpaired) electrons. The first kappa shape index (κ1) is 16.4. The molecule has 0 saturated heterocycles. The number of H-pyrrole nitrogens is 1. The predicted octanol–water partition coefficient (Wildman–Crippen LogP) is 3.31. The van der Waals surface area contributed by atoms with Gasteiger partial charge in [0.25, 0.3) is 0 Å². The van der Waals surface area contributed by atoms with Crippen molar-refractivity contribution in [3.05, 3.63) is 94.9 Å². The summed E-state index contributed by atoms with van der Waals surface area (Å²) in [5.41, 5.74) is 3.28. The summed E-state index contributed by atoms with van der Waals surface area (Å²) in [7, 11) is 0. The molecule has 0 spiro atoms. The number of hydrogen-bond donors (Lipinski definition) is 2. The van der Waals surface area contributed by atoms with Crippen molar-refractivity contribution in [1.82, 2.24) is 15.3 Å². The van der Waals surface area contributed by atoms with Crippen LogP contribution in [0.25, 0.3) is 17.8 Å². The summed E-state index contributed by atoms with van der Waals surface area (Å²) in [5, 5.41) is 5.79. The Morgan fingerprint density at radius 1 is 1.00 bits per heavy atom. The van der Waals surface area contributed by atoms with Gasteiger partial charge in [-0.3, -0.25) is 0 Å². The molecule has 130 valence electrons. The van der Waals surface area contributed by atoms with E-state index in [4.69, 9.17) is 4.98 Å². The molecule has 0 fully saturated rings. The van der Waals surface area contributed by atoms with E-state index in [9.17, 15) is 0 Å². The van der Waals surface area contributed by atoms with Gasteiger partial charge in [0, 0.05) is 5.70 Å². The fourth-order valence-electron chi connectivity index (χ4n) is 3.34. The normalized spacial score (nSPS) is 13.8. The molecule has 0 amide bonds. The van der Waals surface area contributed by atoms with E-state index in [0.717, 1.165) is 47.0 Å². The first-order valence-electron chi connectivity index (χ1n) is 9.11. The second-order valence-corrected chi connectivity index (χ2v) is 6.64. The minimum absolute atomic E-state index is 0.0394. The summed E-state index contributed by atoms with van der Waals surface area (Å²) in [6.07, 6.45) is 7.42. The zero-order valence-electron chi connectivity index (χ0n) is 14.8. The summed E-state index contributed by atoms with van der Waals surface area (Å²) >= 11 is 0. The molecular formula is C23H23N3. The molecule has 1 aliphatic rings. The van der Waals surface area contributed by atoms with Gasteiger partial charge in [-0.15, -0.1) is 0 Å². The molecule has 2 N–H and O–H groups in total. The van der Waals surface area contributed by atoms with Crippen molar-refractivity contribution in [1.29, 1.82) is 0 Å². The van der Waals surface area contributed by atoms with Gasteiger partial charge in [0.2, 0.25) is 0 Å². The van der Waals surface area contributed by atoms with Crippen LogP contribution in [0.2, 0.25) is 0 Å². The zero-order valence-corrected chi connectivity index (χ0v) is 14.8. The van der Waals surface area contributed by atoms with Gasteiger partial charge in [-0.25, -0.2) is 4.98 Å². The van der Waals surface area contributed by atoms with E-state index >= 15 is 0 Å². The molecule has 0 aliphatic heterocycles. The Hall–Kier alpha value is -3.07. The summed E-state index contributed by atoms with van der Waals surface area (Å²) in [4.78, 5) is 8.36. The Bertz CT molecular complexity index is 967. The number of fused-ring (bicyclic) bond motifs is 1. The van der Waals surface area contributed by atoms with Crippen LogP contribution in [0, 0.1) is 0 Å². The molecule has 1 aromatic heterocycles. The highest BCUT2D eigenvalue weighted by molar-refractivity contribution is 5.61. The highest BCUT2D eigenvalue weighted by Gasteiger charge is 2.17. The fraction of sp³-hybridized carbons (Fsp3) is 0.174. The van der Waals surface area contributed by atoms with Crippen LogP contribution in [0.3, 0.4) is 0 Å². The van der Waals surface area contributed by atoms with Crippen molar-refractivity contribution in [3.8, 4) is 0 Å². The van der Waals surface area contributed by atoms with Crippen molar-refractivity contribution in [3.63, 3.8) is 0 Å². The lowest BCUT2D eigenvalue weighted by Crippen LogP contribution is -2.26. The lowest BCUT2D eigenvalue weighted by molar-refractivity contribution is 0.597. The third-order valence-corrected chi connectivity index (χ3v) is 4.72. The lowest BCUT2D eigenvalue weighted by Gasteiger charge is -2.20. The summed E-state index contributed by atoms with van der Waals surface area (Å²) in [6.45, 7) is 4.25. The highest BCUT2D eigenvalue weighted by Crippen LogP contribution is 2.19. The molecule has 1 unspecified atom stereocenters. The van der Waals surface area contributed by atoms with E-state index in [1.54, 1.807) is 0 Å². The number of benzene rings is 2. The van der Waals surface area contributed by atoms with Crippen LogP contribution >= 0.6 is 0 Å². The largest absolute Gasteiger partial charge is 0.375 e. The molecule has 0 bridgehead atoms. The molecule has 4 rings (SSSR count). The zero-order chi connectivity index (χ0) is 17.8. The van der Waals surface area contributed by atoms with Gasteiger partial charge in [-0.2, -0.15) is 0 Å². The maximum atomic E-state index is 4.85. The summed E-state index contributed by atoms with van der Waals surface area (Å²) in [5.74, 6) is 0.963. The number of nitrogens with one attached hydrogen (secondary N) is 2. The van der Waals surface area contributed by atoms with Gasteiger partial charge in [0.05, 0.1) is 16.7 Å². The Kier molecular flexibility index (Phi) is 4.69. The average molecular weight is 341 g/mol. The van der Waals surface area contributed by atoms with Crippen LogP contribution in [0.1, 0.15) is 35.8 Å². The molecule has 1 atom stereocenters. The van der Waals surface area contributed by atoms with E-state index < -0.39 is 0 Å². The molecular weight excluding hydrogens is 318 g/mol. The van der Waals surface area contributed by atoms with Crippen molar-refractivity contribution < 1.29 is 0 Å². The van der Waals surface area contributed by atoms with Crippen LogP contribution in [0.15, 0.2) is 67.2 Å². The van der Waals surface area contributed by atoms with Gasteiger partial charge in [-0.1, -0.05) is 79.4 Å². The molecule has 3 aromatic rings. The predicted molar refractivity (Wildman–Crippen MR) is 108 cm³/mol. The van der Waals surface area contributed by atoms with Crippen LogP contribution in [0.5, 0.6) is 0 Å². The fourth-order valence-corrected chi connectivity index (χ4v) is 3.34. The summed E-state index contributed by atoms with van der Waals surface area (Å²) < 4.78 is 0. The van der Waals surface area contributed by atoms with E-state index in [0.29, 0.717) is 0 Å². The molecule has 0 saturated carbocycles. The number of imidazole rings is 1. The lowest BCUT2D eigenvalue weighted by atomic mass is 10.0. The SMILES string of the molecule is C=C(NC(Cc1ccccc1)c1nc2c([nH]1)=CCCC=2)c1ccccc1. The first-order valence-corrected chi connectivity index (χ1v) is 9.11. The van der Waals surface area contributed by atoms with Crippen molar-refractivity contribution >= 4 is 17.8 Å². The van der Waals surface area contributed by atoms with Crippen LogP contribution in [0.4, 0.5) is 0 Å². The third kappa shape index (κ3) is 3.62. The Morgan fingerprint density at radius 2 is 1.69 bits per heavy atom. The van der Waals surface area contributed by atoms with Crippen molar-refractivity contribution in [2.45, 2.75) is 25.3 Å². The molecule has 26 heavy (non-hydrogen) atoms. The second kappa shape index (κ2) is 7.44. The van der Waals surface area contributed by atoms with Crippen LogP contribution in [-0.4, -0.2) is 9.97 Å². The van der Waals surface area contributed by atoms with Crippen LogP contribution in [-0.2, 0) is 6.42 Å². The average Bonchev–Trinajstić information content (AvgIpc) is 3.13. The Balaban J connectivity index is 1.65. The van der Waals surface area contributed by atoms with E-state index in [-0.39, 0.29) is 6.04 Å². The van der Waals surface area contributed by atoms with Gasteiger partial charge in [0.15, 0.2) is 0 Å². The van der Waals surface area contributed by atoms with Crippen molar-refractivity contribution in [2.75, 3.05) is 0 Å². The number of nitrogens with zero attached hydrogens (tertiary/aromatic N) is 1. The molecule has 2 aromatic carbocycles. The quantitative estimate of drug-likeness (QED) is 0.722. The molecule has 1 heterocycles. The number of aromatic nitrogens is 2. The summed E-state index contributed by atoms with van der Waals surface area (Å²) in [6, 6.07) is 20.8. The number of aromatic amines is 1. The van der Waals surface area contributed by atoms with E-state index in [1.165, 1.54) is 5.56 Å². The molecule has 1 aliphatic carbocycles. The number of hydrogen-bond acceptors (Lipinski definition) is 2. The van der Waals surface area contributed by atoms with Gasteiger partial charge < -0.3 is 10.3 Å². The highest BCUT2D eigenvalue weighted by atomic mass is 15.0. The molecule has 3 nitrogen and oxygen atoms in total.